The molecule has 0 fully saturated rings. The van der Waals surface area contributed by atoms with Gasteiger partial charge in [0, 0.05) is 6.61 Å². The molecule has 0 spiro atoms. The van der Waals surface area contributed by atoms with Crippen LogP contribution in [0.3, 0.4) is 0 Å². The molecule has 0 aliphatic heterocycles. The number of amides is 1. The van der Waals surface area contributed by atoms with E-state index in [1.165, 1.54) is 12.8 Å². The lowest BCUT2D eigenvalue weighted by atomic mass is 9.91. The molecule has 0 bridgehead atoms. The predicted molar refractivity (Wildman–Crippen MR) is 85.6 cm³/mol. The van der Waals surface area contributed by atoms with Gasteiger partial charge in [0.25, 0.3) is 0 Å². The zero-order valence-electron chi connectivity index (χ0n) is 13.2. The molecule has 0 aliphatic carbocycles. The number of nitrogens with two attached hydrogens (primary N) is 2. The van der Waals surface area contributed by atoms with Crippen molar-refractivity contribution in [3.8, 4) is 0 Å². The Morgan fingerprint density at radius 2 is 1.95 bits per heavy atom. The predicted octanol–water partition coefficient (Wildman–Crippen LogP) is 2.56. The smallest absolute Gasteiger partial charge is 0.244 e. The fourth-order valence-corrected chi connectivity index (χ4v) is 2.32. The number of ether oxygens (including phenoxy) is 1. The van der Waals surface area contributed by atoms with Crippen molar-refractivity contribution in [3.63, 3.8) is 0 Å². The van der Waals surface area contributed by atoms with Crippen LogP contribution in [0.4, 0.5) is 0 Å². The second-order valence-corrected chi connectivity index (χ2v) is 5.63. The first-order chi connectivity index (χ1) is 10.0. The van der Waals surface area contributed by atoms with E-state index < -0.39 is 11.4 Å². The van der Waals surface area contributed by atoms with E-state index in [2.05, 4.69) is 13.8 Å². The maximum absolute atomic E-state index is 11.8. The summed E-state index contributed by atoms with van der Waals surface area (Å²) in [7, 11) is 0. The normalized spacial score (nSPS) is 15.4. The van der Waals surface area contributed by atoms with Gasteiger partial charge in [0.1, 0.15) is 5.54 Å². The van der Waals surface area contributed by atoms with Gasteiger partial charge in [-0.1, -0.05) is 63.4 Å². The molecule has 0 aliphatic rings. The number of hydrogen-bond acceptors (Lipinski definition) is 3. The number of hydrogen-bond donors (Lipinski definition) is 2. The Hall–Kier alpha value is -1.39. The standard InChI is InChI=1S/C17H28N2O2/c1-3-5-9-14(4-2)12-21-13-17(19,16(18)20)15-10-7-6-8-11-15/h6-8,10-11,14H,3-5,9,12-13,19H2,1-2H3,(H2,18,20). The van der Waals surface area contributed by atoms with Crippen LogP contribution in [0.5, 0.6) is 0 Å². The number of carbonyl (C=O) groups is 1. The first kappa shape index (κ1) is 17.7. The fourth-order valence-electron chi connectivity index (χ4n) is 2.32. The summed E-state index contributed by atoms with van der Waals surface area (Å²) >= 11 is 0. The second kappa shape index (κ2) is 8.80. The SMILES string of the molecule is CCCCC(CC)COCC(N)(C(N)=O)c1ccccc1. The monoisotopic (exact) mass is 292 g/mol. The van der Waals surface area contributed by atoms with E-state index in [0.29, 0.717) is 18.1 Å². The van der Waals surface area contributed by atoms with E-state index in [-0.39, 0.29) is 6.61 Å². The maximum atomic E-state index is 11.8. The van der Waals surface area contributed by atoms with Gasteiger partial charge in [0.2, 0.25) is 5.91 Å². The van der Waals surface area contributed by atoms with E-state index in [1.54, 1.807) is 0 Å². The van der Waals surface area contributed by atoms with Crippen LogP contribution in [0.2, 0.25) is 0 Å². The summed E-state index contributed by atoms with van der Waals surface area (Å²) < 4.78 is 5.74. The van der Waals surface area contributed by atoms with Crippen molar-refractivity contribution in [2.75, 3.05) is 13.2 Å². The summed E-state index contributed by atoms with van der Waals surface area (Å²) in [6.07, 6.45) is 4.60. The summed E-state index contributed by atoms with van der Waals surface area (Å²) in [5.74, 6) is -0.0480. The van der Waals surface area contributed by atoms with Crippen LogP contribution in [-0.4, -0.2) is 19.1 Å². The first-order valence-electron chi connectivity index (χ1n) is 7.76. The Morgan fingerprint density at radius 1 is 1.29 bits per heavy atom. The zero-order valence-corrected chi connectivity index (χ0v) is 13.2. The number of unbranched alkanes of at least 4 members (excludes halogenated alkanes) is 1. The first-order valence-corrected chi connectivity index (χ1v) is 7.76. The fraction of sp³-hybridized carbons (Fsp3) is 0.588. The molecule has 2 unspecified atom stereocenters. The minimum atomic E-state index is -1.26. The van der Waals surface area contributed by atoms with Crippen LogP contribution in [0, 0.1) is 5.92 Å². The Kier molecular flexibility index (Phi) is 7.40. The molecule has 1 aromatic rings. The molecular formula is C17H28N2O2. The lowest BCUT2D eigenvalue weighted by Gasteiger charge is -2.27. The van der Waals surface area contributed by atoms with Crippen LogP contribution >= 0.6 is 0 Å². The van der Waals surface area contributed by atoms with Gasteiger partial charge in [0.15, 0.2) is 0 Å². The van der Waals surface area contributed by atoms with Crippen LogP contribution in [0.15, 0.2) is 30.3 Å². The van der Waals surface area contributed by atoms with E-state index in [0.717, 1.165) is 12.8 Å². The molecule has 118 valence electrons. The summed E-state index contributed by atoms with van der Waals surface area (Å²) in [6, 6.07) is 9.18. The Bertz CT molecular complexity index is 422. The topological polar surface area (TPSA) is 78.3 Å². The Labute approximate surface area is 127 Å². The minimum Gasteiger partial charge on any atom is -0.378 e. The van der Waals surface area contributed by atoms with Crippen molar-refractivity contribution in [2.24, 2.45) is 17.4 Å². The van der Waals surface area contributed by atoms with E-state index in [4.69, 9.17) is 16.2 Å². The summed E-state index contributed by atoms with van der Waals surface area (Å²) in [5.41, 5.74) is 11.1. The van der Waals surface area contributed by atoms with E-state index >= 15 is 0 Å². The number of rotatable bonds is 10. The van der Waals surface area contributed by atoms with E-state index in [9.17, 15) is 4.79 Å². The largest absolute Gasteiger partial charge is 0.378 e. The van der Waals surface area contributed by atoms with Gasteiger partial charge < -0.3 is 16.2 Å². The molecule has 21 heavy (non-hydrogen) atoms. The van der Waals surface area contributed by atoms with Gasteiger partial charge in [-0.15, -0.1) is 0 Å². The van der Waals surface area contributed by atoms with Gasteiger partial charge in [-0.25, -0.2) is 0 Å². The highest BCUT2D eigenvalue weighted by molar-refractivity contribution is 5.86. The molecule has 0 aromatic heterocycles. The molecule has 0 heterocycles. The molecule has 1 amide bonds. The highest BCUT2D eigenvalue weighted by Crippen LogP contribution is 2.20. The molecule has 2 atom stereocenters. The minimum absolute atomic E-state index is 0.120. The molecular weight excluding hydrogens is 264 g/mol. The molecule has 4 nitrogen and oxygen atoms in total. The van der Waals surface area contributed by atoms with Crippen molar-refractivity contribution in [3.05, 3.63) is 35.9 Å². The third-order valence-electron chi connectivity index (χ3n) is 3.96. The van der Waals surface area contributed by atoms with Gasteiger partial charge in [-0.2, -0.15) is 0 Å². The molecule has 0 saturated carbocycles. The van der Waals surface area contributed by atoms with Crippen molar-refractivity contribution in [1.82, 2.24) is 0 Å². The summed E-state index contributed by atoms with van der Waals surface area (Å²) in [5, 5.41) is 0. The molecule has 1 rings (SSSR count). The highest BCUT2D eigenvalue weighted by Gasteiger charge is 2.34. The highest BCUT2D eigenvalue weighted by atomic mass is 16.5. The maximum Gasteiger partial charge on any atom is 0.244 e. The van der Waals surface area contributed by atoms with Crippen LogP contribution in [0.1, 0.15) is 45.1 Å². The van der Waals surface area contributed by atoms with Gasteiger partial charge in [-0.05, 0) is 17.9 Å². The molecule has 4 heteroatoms. The van der Waals surface area contributed by atoms with Crippen molar-refractivity contribution in [2.45, 2.75) is 45.1 Å². The second-order valence-electron chi connectivity index (χ2n) is 5.63. The zero-order chi connectivity index (χ0) is 15.7. The van der Waals surface area contributed by atoms with E-state index in [1.807, 2.05) is 30.3 Å². The third-order valence-corrected chi connectivity index (χ3v) is 3.96. The quantitative estimate of drug-likeness (QED) is 0.695. The average molecular weight is 292 g/mol. The number of benzene rings is 1. The van der Waals surface area contributed by atoms with Crippen LogP contribution in [-0.2, 0) is 15.1 Å². The number of carbonyl (C=O) groups excluding carboxylic acids is 1. The molecule has 0 radical (unpaired) electrons. The average Bonchev–Trinajstić information content (AvgIpc) is 2.51. The summed E-state index contributed by atoms with van der Waals surface area (Å²) in [6.45, 7) is 5.08. The Balaban J connectivity index is 2.62. The van der Waals surface area contributed by atoms with Crippen molar-refractivity contribution < 1.29 is 9.53 Å². The van der Waals surface area contributed by atoms with Crippen LogP contribution in [0.25, 0.3) is 0 Å². The van der Waals surface area contributed by atoms with Crippen molar-refractivity contribution in [1.29, 1.82) is 0 Å². The molecule has 4 N–H and O–H groups in total. The van der Waals surface area contributed by atoms with Gasteiger partial charge in [-0.3, -0.25) is 4.79 Å². The van der Waals surface area contributed by atoms with Gasteiger partial charge in [0.05, 0.1) is 6.61 Å². The third kappa shape index (κ3) is 5.14. The Morgan fingerprint density at radius 3 is 2.48 bits per heavy atom. The van der Waals surface area contributed by atoms with Gasteiger partial charge >= 0.3 is 0 Å². The molecule has 1 aromatic carbocycles. The number of primary amides is 1. The lowest BCUT2D eigenvalue weighted by Crippen LogP contribution is -2.52. The lowest BCUT2D eigenvalue weighted by molar-refractivity contribution is -0.126. The summed E-state index contributed by atoms with van der Waals surface area (Å²) in [4.78, 5) is 11.8. The van der Waals surface area contributed by atoms with Crippen molar-refractivity contribution >= 4 is 5.91 Å². The molecule has 0 saturated heterocycles. The van der Waals surface area contributed by atoms with Crippen LogP contribution < -0.4 is 11.5 Å².